The quantitative estimate of drug-likeness (QED) is 0.909. The van der Waals surface area contributed by atoms with E-state index in [0.717, 1.165) is 24.8 Å². The Hall–Kier alpha value is -1.73. The summed E-state index contributed by atoms with van der Waals surface area (Å²) in [5.41, 5.74) is 1.99. The van der Waals surface area contributed by atoms with Crippen LogP contribution in [0, 0.1) is 5.92 Å². The number of amides is 1. The first-order valence-electron chi connectivity index (χ1n) is 8.97. The number of fused-ring (bicyclic) bond motifs is 1. The smallest absolute Gasteiger partial charge is 0.255 e. The molecule has 1 N–H and O–H groups in total. The average molecular weight is 361 g/mol. The Labute approximate surface area is 150 Å². The maximum Gasteiger partial charge on any atom is 0.255 e. The van der Waals surface area contributed by atoms with E-state index in [-0.39, 0.29) is 11.9 Å². The van der Waals surface area contributed by atoms with Gasteiger partial charge in [0.15, 0.2) is 0 Å². The molecule has 2 aliphatic rings. The molecule has 1 fully saturated rings. The fourth-order valence-electron chi connectivity index (χ4n) is 3.83. The van der Waals surface area contributed by atoms with Crippen LogP contribution in [0.2, 0.25) is 0 Å². The van der Waals surface area contributed by atoms with Crippen LogP contribution in [0.5, 0.6) is 0 Å². The molecule has 1 aliphatic carbocycles. The van der Waals surface area contributed by atoms with Crippen molar-refractivity contribution in [2.75, 3.05) is 6.54 Å². The highest BCUT2D eigenvalue weighted by Crippen LogP contribution is 2.37. The lowest BCUT2D eigenvalue weighted by Crippen LogP contribution is -2.32. The maximum absolute atomic E-state index is 13.2. The summed E-state index contributed by atoms with van der Waals surface area (Å²) in [4.78, 5) is 16.2. The molecule has 0 bridgehead atoms. The molecule has 2 aromatic heterocycles. The van der Waals surface area contributed by atoms with Crippen molar-refractivity contribution < 1.29 is 14.3 Å². The van der Waals surface area contributed by atoms with Gasteiger partial charge in [-0.3, -0.25) is 4.79 Å². The van der Waals surface area contributed by atoms with Crippen LogP contribution in [-0.2, 0) is 19.3 Å². The summed E-state index contributed by atoms with van der Waals surface area (Å²) < 4.78 is 5.66. The fraction of sp³-hybridized carbons (Fsp3) is 0.611. The van der Waals surface area contributed by atoms with Crippen molar-refractivity contribution in [1.82, 2.24) is 15.1 Å². The topological polar surface area (TPSA) is 79.5 Å². The maximum atomic E-state index is 13.2. The minimum atomic E-state index is -0.555. The monoisotopic (exact) mass is 361 g/mol. The van der Waals surface area contributed by atoms with Gasteiger partial charge >= 0.3 is 0 Å². The van der Waals surface area contributed by atoms with Crippen LogP contribution in [0.4, 0.5) is 0 Å². The number of aryl methyl sites for hydroxylation is 1. The van der Waals surface area contributed by atoms with Crippen LogP contribution >= 0.6 is 11.3 Å². The lowest BCUT2D eigenvalue weighted by Gasteiger charge is -2.24. The lowest BCUT2D eigenvalue weighted by atomic mass is 9.88. The summed E-state index contributed by atoms with van der Waals surface area (Å²) in [7, 11) is 0. The Morgan fingerprint density at radius 1 is 1.48 bits per heavy atom. The third kappa shape index (κ3) is 3.00. The van der Waals surface area contributed by atoms with E-state index in [2.05, 4.69) is 17.1 Å². The number of aliphatic hydroxyl groups excluding tert-OH is 1. The molecule has 6 nitrogen and oxygen atoms in total. The van der Waals surface area contributed by atoms with Gasteiger partial charge in [0.25, 0.3) is 5.91 Å². The van der Waals surface area contributed by atoms with Gasteiger partial charge < -0.3 is 14.4 Å². The van der Waals surface area contributed by atoms with E-state index in [9.17, 15) is 9.90 Å². The van der Waals surface area contributed by atoms with E-state index >= 15 is 0 Å². The van der Waals surface area contributed by atoms with E-state index in [1.54, 1.807) is 16.2 Å². The average Bonchev–Trinajstić information content (AvgIpc) is 3.30. The number of β-amino-alcohol motifs (C(OH)–C–C–N with tert-alkyl or cyclic N) is 1. The second-order valence-electron chi connectivity index (χ2n) is 7.15. The molecule has 1 aliphatic heterocycles. The molecule has 25 heavy (non-hydrogen) atoms. The second-order valence-corrected chi connectivity index (χ2v) is 8.11. The Morgan fingerprint density at radius 3 is 3.08 bits per heavy atom. The van der Waals surface area contributed by atoms with Crippen molar-refractivity contribution in [3.63, 3.8) is 0 Å². The van der Waals surface area contributed by atoms with Gasteiger partial charge in [0, 0.05) is 29.6 Å². The number of nitrogens with zero attached hydrogens (tertiary/aromatic N) is 3. The molecule has 4 rings (SSSR count). The summed E-state index contributed by atoms with van der Waals surface area (Å²) in [6.45, 7) is 4.52. The highest BCUT2D eigenvalue weighted by Gasteiger charge is 2.40. The zero-order chi connectivity index (χ0) is 17.6. The minimum Gasteiger partial charge on any atom is -0.423 e. The lowest BCUT2D eigenvalue weighted by molar-refractivity contribution is 0.0696. The summed E-state index contributed by atoms with van der Waals surface area (Å²) in [5.74, 6) is 1.65. The van der Waals surface area contributed by atoms with Crippen LogP contribution in [0.1, 0.15) is 65.3 Å². The largest absolute Gasteiger partial charge is 0.423 e. The summed E-state index contributed by atoms with van der Waals surface area (Å²) in [5, 5.41) is 20.2. The third-order valence-electron chi connectivity index (χ3n) is 5.24. The van der Waals surface area contributed by atoms with Gasteiger partial charge in [-0.25, -0.2) is 0 Å². The first-order chi connectivity index (χ1) is 12.1. The molecule has 134 valence electrons. The fourth-order valence-corrected chi connectivity index (χ4v) is 5.07. The van der Waals surface area contributed by atoms with Gasteiger partial charge in [-0.05, 0) is 30.7 Å². The van der Waals surface area contributed by atoms with Crippen LogP contribution in [0.25, 0.3) is 0 Å². The molecule has 2 aromatic rings. The van der Waals surface area contributed by atoms with Crippen LogP contribution in [0.3, 0.4) is 0 Å². The van der Waals surface area contributed by atoms with Gasteiger partial charge in [0.05, 0.1) is 11.7 Å². The van der Waals surface area contributed by atoms with Gasteiger partial charge in [0.1, 0.15) is 6.04 Å². The summed E-state index contributed by atoms with van der Waals surface area (Å²) in [6, 6.07) is -0.339. The highest BCUT2D eigenvalue weighted by atomic mass is 32.1. The van der Waals surface area contributed by atoms with Crippen molar-refractivity contribution in [1.29, 1.82) is 0 Å². The van der Waals surface area contributed by atoms with Crippen molar-refractivity contribution in [2.45, 2.75) is 58.1 Å². The minimum absolute atomic E-state index is 0.0233. The standard InChI is InChI=1S/C18H23N3O3S/c1-3-16-19-20-17(24-16)14-7-11(22)8-21(14)18(23)13-9-25-15-6-10(2)4-5-12(13)15/h9-11,14,22H,3-8H2,1-2H3/t10?,11-,14-/m1/s1. The van der Waals surface area contributed by atoms with Crippen molar-refractivity contribution in [3.8, 4) is 0 Å². The van der Waals surface area contributed by atoms with Gasteiger partial charge in [-0.15, -0.1) is 21.5 Å². The number of likely N-dealkylation sites (tertiary alicyclic amines) is 1. The second kappa shape index (κ2) is 6.53. The van der Waals surface area contributed by atoms with Crippen LogP contribution < -0.4 is 0 Å². The van der Waals surface area contributed by atoms with Crippen molar-refractivity contribution in [2.24, 2.45) is 5.92 Å². The van der Waals surface area contributed by atoms with E-state index in [1.807, 2.05) is 12.3 Å². The molecule has 0 saturated carbocycles. The molecule has 7 heteroatoms. The SMILES string of the molecule is CCc1nnc([C@H]2C[C@@H](O)CN2C(=O)c2csc3c2CCC(C)C3)o1. The molecular weight excluding hydrogens is 338 g/mol. The molecule has 1 unspecified atom stereocenters. The van der Waals surface area contributed by atoms with Crippen molar-refractivity contribution >= 4 is 17.2 Å². The van der Waals surface area contributed by atoms with E-state index in [0.29, 0.717) is 37.1 Å². The first-order valence-corrected chi connectivity index (χ1v) is 9.85. The number of hydrogen-bond donors (Lipinski definition) is 1. The molecule has 1 amide bonds. The molecule has 0 aromatic carbocycles. The number of carbonyl (C=O) groups excluding carboxylic acids is 1. The number of aromatic nitrogens is 2. The predicted molar refractivity (Wildman–Crippen MR) is 93.6 cm³/mol. The number of rotatable bonds is 3. The normalized spacial score (nSPS) is 26.0. The molecule has 0 radical (unpaired) electrons. The van der Waals surface area contributed by atoms with Crippen LogP contribution in [-0.4, -0.2) is 38.8 Å². The van der Waals surface area contributed by atoms with Crippen LogP contribution in [0.15, 0.2) is 9.80 Å². The third-order valence-corrected chi connectivity index (χ3v) is 6.29. The number of aliphatic hydroxyl groups is 1. The van der Waals surface area contributed by atoms with Gasteiger partial charge in [-0.2, -0.15) is 0 Å². The first kappa shape index (κ1) is 16.7. The number of hydrogen-bond acceptors (Lipinski definition) is 6. The summed E-state index contributed by atoms with van der Waals surface area (Å²) in [6.07, 6.45) is 3.69. The van der Waals surface area contributed by atoms with E-state index in [1.165, 1.54) is 10.4 Å². The van der Waals surface area contributed by atoms with Gasteiger partial charge in [-0.1, -0.05) is 13.8 Å². The van der Waals surface area contributed by atoms with E-state index < -0.39 is 6.10 Å². The van der Waals surface area contributed by atoms with Crippen molar-refractivity contribution in [3.05, 3.63) is 33.2 Å². The molecule has 3 heterocycles. The number of thiophene rings is 1. The van der Waals surface area contributed by atoms with Gasteiger partial charge in [0.2, 0.25) is 11.8 Å². The Morgan fingerprint density at radius 2 is 2.32 bits per heavy atom. The zero-order valence-electron chi connectivity index (χ0n) is 14.6. The Kier molecular flexibility index (Phi) is 4.37. The van der Waals surface area contributed by atoms with E-state index in [4.69, 9.17) is 4.42 Å². The molecule has 1 saturated heterocycles. The Balaban J connectivity index is 1.62. The Bertz CT molecular complexity index is 784. The molecule has 3 atom stereocenters. The highest BCUT2D eigenvalue weighted by molar-refractivity contribution is 7.10. The predicted octanol–water partition coefficient (Wildman–Crippen LogP) is 2.77. The zero-order valence-corrected chi connectivity index (χ0v) is 15.4. The number of carbonyl (C=O) groups is 1. The molecule has 0 spiro atoms. The summed E-state index contributed by atoms with van der Waals surface area (Å²) >= 11 is 1.69. The molecular formula is C18H23N3O3S.